The topological polar surface area (TPSA) is 17.1 Å². The molecule has 0 heterocycles. The van der Waals surface area contributed by atoms with Gasteiger partial charge in [-0.15, -0.1) is 0 Å². The van der Waals surface area contributed by atoms with Crippen LogP contribution < -0.4 is 0 Å². The molecule has 0 spiro atoms. The molecule has 0 bridgehead atoms. The van der Waals surface area contributed by atoms with Crippen molar-refractivity contribution < 1.29 is 4.79 Å². The second-order valence-electron chi connectivity index (χ2n) is 2.01. The van der Waals surface area contributed by atoms with Gasteiger partial charge in [0.2, 0.25) is 0 Å². The van der Waals surface area contributed by atoms with Crippen LogP contribution in [0.15, 0.2) is 0 Å². The van der Waals surface area contributed by atoms with E-state index in [0.29, 0.717) is 5.92 Å². The predicted molar refractivity (Wildman–Crippen MR) is 38.3 cm³/mol. The van der Waals surface area contributed by atoms with Crippen LogP contribution in [0, 0.1) is 5.92 Å². The molecule has 0 aromatic heterocycles. The number of rotatable bonds is 3. The molecule has 1 nitrogen and oxygen atoms in total. The van der Waals surface area contributed by atoms with E-state index in [9.17, 15) is 4.79 Å². The van der Waals surface area contributed by atoms with Gasteiger partial charge in [-0.05, 0) is 5.92 Å². The van der Waals surface area contributed by atoms with E-state index in [0.717, 1.165) is 12.7 Å². The van der Waals surface area contributed by atoms with Gasteiger partial charge in [0.1, 0.15) is 6.29 Å². The summed E-state index contributed by atoms with van der Waals surface area (Å²) in [6, 6.07) is 0. The maximum absolute atomic E-state index is 10.0. The minimum Gasteiger partial charge on any atom is -0.302 e. The van der Waals surface area contributed by atoms with Crippen LogP contribution in [0.4, 0.5) is 0 Å². The Morgan fingerprint density at radius 2 is 2.25 bits per heavy atom. The van der Waals surface area contributed by atoms with Gasteiger partial charge in [0.05, 0.1) is 5.25 Å². The summed E-state index contributed by atoms with van der Waals surface area (Å²) in [7, 11) is 0. The predicted octanol–water partition coefficient (Wildman–Crippen LogP) is 1.53. The summed E-state index contributed by atoms with van der Waals surface area (Å²) in [5.41, 5.74) is 0. The molecule has 0 aromatic rings. The van der Waals surface area contributed by atoms with Crippen LogP contribution >= 0.6 is 12.6 Å². The molecule has 2 heteroatoms. The fourth-order valence-electron chi connectivity index (χ4n) is 0.376. The number of hydrogen-bond donors (Lipinski definition) is 1. The molecular formula is C6H12OS. The van der Waals surface area contributed by atoms with Gasteiger partial charge in [0.25, 0.3) is 0 Å². The molecule has 0 amide bonds. The largest absolute Gasteiger partial charge is 0.302 e. The van der Waals surface area contributed by atoms with Crippen molar-refractivity contribution in [3.8, 4) is 0 Å². The molecule has 2 atom stereocenters. The van der Waals surface area contributed by atoms with Crippen molar-refractivity contribution in [3.63, 3.8) is 0 Å². The Kier molecular flexibility index (Phi) is 3.97. The average molecular weight is 132 g/mol. The Hall–Kier alpha value is 0.0200. The van der Waals surface area contributed by atoms with Gasteiger partial charge in [0, 0.05) is 0 Å². The molecular weight excluding hydrogens is 120 g/mol. The fraction of sp³-hybridized carbons (Fsp3) is 0.833. The summed E-state index contributed by atoms with van der Waals surface area (Å²) in [6.07, 6.45) is 1.91. The standard InChI is InChI=1S/C6H12OS/c1-3-5(2)6(8)4-7/h4-6,8H,3H2,1-2H3/t5-,6?/m0/s1. The van der Waals surface area contributed by atoms with E-state index < -0.39 is 0 Å². The lowest BCUT2D eigenvalue weighted by molar-refractivity contribution is -0.108. The number of carbonyl (C=O) groups excluding carboxylic acids is 1. The van der Waals surface area contributed by atoms with E-state index in [-0.39, 0.29) is 5.25 Å². The molecule has 0 aliphatic heterocycles. The van der Waals surface area contributed by atoms with E-state index >= 15 is 0 Å². The Morgan fingerprint density at radius 3 is 2.38 bits per heavy atom. The first kappa shape index (κ1) is 8.02. The lowest BCUT2D eigenvalue weighted by Crippen LogP contribution is -2.11. The van der Waals surface area contributed by atoms with Crippen LogP contribution in [0.2, 0.25) is 0 Å². The maximum Gasteiger partial charge on any atom is 0.132 e. The fourth-order valence-corrected chi connectivity index (χ4v) is 0.586. The molecule has 0 saturated carbocycles. The van der Waals surface area contributed by atoms with Crippen molar-refractivity contribution in [3.05, 3.63) is 0 Å². The molecule has 1 unspecified atom stereocenters. The number of aldehydes is 1. The Labute approximate surface area is 55.9 Å². The third-order valence-corrected chi connectivity index (χ3v) is 2.00. The van der Waals surface area contributed by atoms with Crippen molar-refractivity contribution in [2.75, 3.05) is 0 Å². The Morgan fingerprint density at radius 1 is 1.75 bits per heavy atom. The molecule has 0 radical (unpaired) electrons. The zero-order valence-corrected chi connectivity index (χ0v) is 6.19. The first-order chi connectivity index (χ1) is 3.72. The minimum absolute atomic E-state index is 0.0694. The van der Waals surface area contributed by atoms with Crippen LogP contribution in [-0.4, -0.2) is 11.5 Å². The van der Waals surface area contributed by atoms with Gasteiger partial charge in [-0.25, -0.2) is 0 Å². The Bertz CT molecular complexity index is 72.9. The first-order valence-corrected chi connectivity index (χ1v) is 3.37. The van der Waals surface area contributed by atoms with Crippen LogP contribution in [0.5, 0.6) is 0 Å². The van der Waals surface area contributed by atoms with Crippen LogP contribution in [0.3, 0.4) is 0 Å². The maximum atomic E-state index is 10.0. The van der Waals surface area contributed by atoms with Gasteiger partial charge < -0.3 is 4.79 Å². The van der Waals surface area contributed by atoms with Crippen molar-refractivity contribution in [2.24, 2.45) is 5.92 Å². The van der Waals surface area contributed by atoms with Gasteiger partial charge in [-0.1, -0.05) is 20.3 Å². The average Bonchev–Trinajstić information content (AvgIpc) is 1.84. The van der Waals surface area contributed by atoms with Crippen molar-refractivity contribution in [1.82, 2.24) is 0 Å². The molecule has 0 aliphatic carbocycles. The second kappa shape index (κ2) is 3.96. The summed E-state index contributed by atoms with van der Waals surface area (Å²) < 4.78 is 0. The van der Waals surface area contributed by atoms with Crippen molar-refractivity contribution in [1.29, 1.82) is 0 Å². The number of carbonyl (C=O) groups is 1. The van der Waals surface area contributed by atoms with Gasteiger partial charge >= 0.3 is 0 Å². The number of thiol groups is 1. The monoisotopic (exact) mass is 132 g/mol. The zero-order chi connectivity index (χ0) is 6.57. The summed E-state index contributed by atoms with van der Waals surface area (Å²) in [5.74, 6) is 0.413. The minimum atomic E-state index is -0.0694. The van der Waals surface area contributed by atoms with Crippen molar-refractivity contribution in [2.45, 2.75) is 25.5 Å². The molecule has 0 rings (SSSR count). The highest BCUT2D eigenvalue weighted by molar-refractivity contribution is 7.81. The summed E-state index contributed by atoms with van der Waals surface area (Å²) in [4.78, 5) is 10.0. The summed E-state index contributed by atoms with van der Waals surface area (Å²) in [6.45, 7) is 4.07. The third-order valence-electron chi connectivity index (χ3n) is 1.37. The van der Waals surface area contributed by atoms with E-state index in [1.807, 2.05) is 6.92 Å². The highest BCUT2D eigenvalue weighted by atomic mass is 32.1. The molecule has 0 fully saturated rings. The summed E-state index contributed by atoms with van der Waals surface area (Å²) in [5, 5.41) is -0.0694. The SMILES string of the molecule is CC[C@H](C)C(S)C=O. The van der Waals surface area contributed by atoms with E-state index in [2.05, 4.69) is 19.6 Å². The van der Waals surface area contributed by atoms with Crippen LogP contribution in [0.25, 0.3) is 0 Å². The molecule has 48 valence electrons. The van der Waals surface area contributed by atoms with Crippen LogP contribution in [-0.2, 0) is 4.79 Å². The third kappa shape index (κ3) is 2.36. The molecule has 8 heavy (non-hydrogen) atoms. The number of hydrogen-bond acceptors (Lipinski definition) is 2. The smallest absolute Gasteiger partial charge is 0.132 e. The van der Waals surface area contributed by atoms with Crippen LogP contribution in [0.1, 0.15) is 20.3 Å². The Balaban J connectivity index is 3.44. The zero-order valence-electron chi connectivity index (χ0n) is 5.29. The van der Waals surface area contributed by atoms with Gasteiger partial charge in [0.15, 0.2) is 0 Å². The lowest BCUT2D eigenvalue weighted by Gasteiger charge is -2.08. The molecule has 0 saturated heterocycles. The van der Waals surface area contributed by atoms with E-state index in [1.54, 1.807) is 0 Å². The highest BCUT2D eigenvalue weighted by Crippen LogP contribution is 2.09. The van der Waals surface area contributed by atoms with E-state index in [4.69, 9.17) is 0 Å². The highest BCUT2D eigenvalue weighted by Gasteiger charge is 2.07. The summed E-state index contributed by atoms with van der Waals surface area (Å²) >= 11 is 4.04. The van der Waals surface area contributed by atoms with Crippen molar-refractivity contribution >= 4 is 18.9 Å². The molecule has 0 aliphatic rings. The molecule has 0 aromatic carbocycles. The first-order valence-electron chi connectivity index (χ1n) is 2.85. The van der Waals surface area contributed by atoms with Gasteiger partial charge in [-0.3, -0.25) is 0 Å². The molecule has 0 N–H and O–H groups in total. The van der Waals surface area contributed by atoms with E-state index in [1.165, 1.54) is 0 Å². The van der Waals surface area contributed by atoms with Gasteiger partial charge in [-0.2, -0.15) is 12.6 Å². The quantitative estimate of drug-likeness (QED) is 0.455. The normalized spacial score (nSPS) is 17.4. The second-order valence-corrected chi connectivity index (χ2v) is 2.61. The lowest BCUT2D eigenvalue weighted by atomic mass is 10.1.